The molecule has 1 saturated heterocycles. The molecule has 0 bridgehead atoms. The van der Waals surface area contributed by atoms with E-state index in [9.17, 15) is 8.42 Å². The predicted molar refractivity (Wildman–Crippen MR) is 38.7 cm³/mol. The Morgan fingerprint density at radius 3 is 2.55 bits per heavy atom. The predicted octanol–water partition coefficient (Wildman–Crippen LogP) is 1.31. The first-order valence-electron chi connectivity index (χ1n) is 3.48. The molecule has 1 rings (SSSR count). The second-order valence-corrected chi connectivity index (χ2v) is 3.39. The van der Waals surface area contributed by atoms with Crippen LogP contribution in [0.4, 0.5) is 0 Å². The van der Waals surface area contributed by atoms with E-state index in [4.69, 9.17) is 0 Å². The molecule has 0 spiro atoms. The fraction of sp³-hybridized carbons (Fsp3) is 0.667. The quantitative estimate of drug-likeness (QED) is 0.611. The fourth-order valence-electron chi connectivity index (χ4n) is 0.700. The molecule has 64 valence electrons. The van der Waals surface area contributed by atoms with Gasteiger partial charge in [0.1, 0.15) is 0 Å². The number of hydrogen-bond acceptors (Lipinski definition) is 4. The van der Waals surface area contributed by atoms with Crippen LogP contribution < -0.4 is 0 Å². The van der Waals surface area contributed by atoms with Crippen molar-refractivity contribution in [1.29, 1.82) is 0 Å². The van der Waals surface area contributed by atoms with Gasteiger partial charge in [0.05, 0.1) is 0 Å². The molecule has 5 heteroatoms. The Morgan fingerprint density at radius 1 is 1.45 bits per heavy atom. The van der Waals surface area contributed by atoms with E-state index < -0.39 is 10.4 Å². The molecule has 0 aromatic rings. The van der Waals surface area contributed by atoms with E-state index in [1.54, 1.807) is 6.08 Å². The van der Waals surface area contributed by atoms with Gasteiger partial charge in [-0.15, -0.1) is 8.42 Å². The molecule has 0 atom stereocenters. The van der Waals surface area contributed by atoms with Gasteiger partial charge in [-0.25, -0.2) is 0 Å². The lowest BCUT2D eigenvalue weighted by atomic mass is 10.2. The Morgan fingerprint density at radius 2 is 2.09 bits per heavy atom. The van der Waals surface area contributed by atoms with Crippen LogP contribution in [0.3, 0.4) is 0 Å². The van der Waals surface area contributed by atoms with E-state index in [1.807, 2.05) is 0 Å². The maximum absolute atomic E-state index is 10.2. The first-order chi connectivity index (χ1) is 5.14. The lowest BCUT2D eigenvalue weighted by Gasteiger charge is -2.16. The lowest BCUT2D eigenvalue weighted by molar-refractivity contribution is 0.118. The molecule has 1 fully saturated rings. The van der Waals surface area contributed by atoms with Gasteiger partial charge in [0, 0.05) is 0 Å². The minimum atomic E-state index is -3.64. The van der Waals surface area contributed by atoms with Crippen LogP contribution in [-0.4, -0.2) is 8.42 Å². The van der Waals surface area contributed by atoms with Crippen molar-refractivity contribution < 1.29 is 16.8 Å². The summed E-state index contributed by atoms with van der Waals surface area (Å²) in [6, 6.07) is 0. The summed E-state index contributed by atoms with van der Waals surface area (Å²) in [4.78, 5) is 0. The minimum Gasteiger partial charge on any atom is -0.315 e. The third-order valence-corrected chi connectivity index (χ3v) is 1.97. The van der Waals surface area contributed by atoms with Gasteiger partial charge >= 0.3 is 16.3 Å². The summed E-state index contributed by atoms with van der Waals surface area (Å²) in [5.41, 5.74) is 0. The van der Waals surface area contributed by atoms with Gasteiger partial charge in [-0.3, -0.25) is 0 Å². The number of unbranched alkanes of at least 4 members (excludes halogenated alkanes) is 2. The summed E-state index contributed by atoms with van der Waals surface area (Å²) in [6.45, 7) is 2.05. The number of rotatable bonds is 3. The van der Waals surface area contributed by atoms with Gasteiger partial charge in [0.15, 0.2) is 0 Å². The van der Waals surface area contributed by atoms with Crippen molar-refractivity contribution in [1.82, 2.24) is 0 Å². The summed E-state index contributed by atoms with van der Waals surface area (Å²) in [5.74, 6) is 0.110. The van der Waals surface area contributed by atoms with Crippen LogP contribution in [0.15, 0.2) is 12.0 Å². The van der Waals surface area contributed by atoms with Gasteiger partial charge in [-0.1, -0.05) is 13.3 Å². The highest BCUT2D eigenvalue weighted by molar-refractivity contribution is 7.83. The highest BCUT2D eigenvalue weighted by Gasteiger charge is 2.31. The Hall–Kier alpha value is -0.710. The van der Waals surface area contributed by atoms with Crippen LogP contribution in [0.5, 0.6) is 0 Å². The second kappa shape index (κ2) is 3.13. The van der Waals surface area contributed by atoms with Crippen LogP contribution in [0, 0.1) is 0 Å². The topological polar surface area (TPSA) is 52.6 Å². The summed E-state index contributed by atoms with van der Waals surface area (Å²) in [6.07, 6.45) is 4.50. The lowest BCUT2D eigenvalue weighted by Crippen LogP contribution is -2.21. The Balaban J connectivity index is 2.26. The van der Waals surface area contributed by atoms with E-state index >= 15 is 0 Å². The molecular weight excluding hydrogens is 168 g/mol. The summed E-state index contributed by atoms with van der Waals surface area (Å²) < 4.78 is 29.1. The van der Waals surface area contributed by atoms with Crippen molar-refractivity contribution in [2.24, 2.45) is 0 Å². The van der Waals surface area contributed by atoms with E-state index in [2.05, 4.69) is 15.3 Å². The zero-order valence-electron chi connectivity index (χ0n) is 6.24. The van der Waals surface area contributed by atoms with Crippen molar-refractivity contribution in [2.45, 2.75) is 26.2 Å². The van der Waals surface area contributed by atoms with Crippen LogP contribution in [0.1, 0.15) is 26.2 Å². The van der Waals surface area contributed by atoms with Gasteiger partial charge < -0.3 is 8.37 Å². The van der Waals surface area contributed by atoms with E-state index in [0.717, 1.165) is 19.3 Å². The molecule has 1 aliphatic heterocycles. The fourth-order valence-corrected chi connectivity index (χ4v) is 1.25. The first-order valence-corrected chi connectivity index (χ1v) is 4.81. The summed E-state index contributed by atoms with van der Waals surface area (Å²) >= 11 is 0. The van der Waals surface area contributed by atoms with Crippen LogP contribution in [-0.2, 0) is 18.8 Å². The van der Waals surface area contributed by atoms with Gasteiger partial charge in [0.2, 0.25) is 0 Å². The van der Waals surface area contributed by atoms with E-state index in [1.165, 1.54) is 0 Å². The summed E-state index contributed by atoms with van der Waals surface area (Å²) in [7, 11) is -3.64. The molecule has 1 heterocycles. The Labute approximate surface area is 66.1 Å². The first kappa shape index (κ1) is 8.39. The van der Waals surface area contributed by atoms with E-state index in [-0.39, 0.29) is 5.95 Å². The molecule has 0 N–H and O–H groups in total. The maximum Gasteiger partial charge on any atom is 0.506 e. The third-order valence-electron chi connectivity index (χ3n) is 1.24. The molecule has 0 aromatic heterocycles. The Bertz CT molecular complexity index is 238. The Kier molecular flexibility index (Phi) is 2.38. The van der Waals surface area contributed by atoms with Gasteiger partial charge in [0.25, 0.3) is 0 Å². The molecule has 0 amide bonds. The third kappa shape index (κ3) is 2.42. The van der Waals surface area contributed by atoms with Crippen molar-refractivity contribution in [2.75, 3.05) is 0 Å². The van der Waals surface area contributed by atoms with Crippen molar-refractivity contribution >= 4 is 10.4 Å². The average molecular weight is 178 g/mol. The normalized spacial score (nSPS) is 19.5. The molecule has 0 aliphatic carbocycles. The second-order valence-electron chi connectivity index (χ2n) is 2.24. The molecule has 0 radical (unpaired) electrons. The minimum absolute atomic E-state index is 0.110. The standard InChI is InChI=1S/C6H10O4S/c1-2-3-4-5-6-9-11(7,8)10-6/h5H,2-4H2,1H3. The molecule has 0 saturated carbocycles. The number of allylic oxidation sites excluding steroid dienone is 1. The SMILES string of the molecule is CCCCC=C1OS(=O)(=O)O1. The van der Waals surface area contributed by atoms with E-state index in [0.29, 0.717) is 0 Å². The maximum atomic E-state index is 10.2. The smallest absolute Gasteiger partial charge is 0.315 e. The zero-order valence-corrected chi connectivity index (χ0v) is 7.06. The molecule has 11 heavy (non-hydrogen) atoms. The van der Waals surface area contributed by atoms with Crippen molar-refractivity contribution in [3.05, 3.63) is 12.0 Å². The highest BCUT2D eigenvalue weighted by atomic mass is 32.3. The van der Waals surface area contributed by atoms with Crippen LogP contribution in [0.2, 0.25) is 0 Å². The zero-order chi connectivity index (χ0) is 8.32. The van der Waals surface area contributed by atoms with Crippen molar-refractivity contribution in [3.8, 4) is 0 Å². The van der Waals surface area contributed by atoms with Crippen molar-refractivity contribution in [3.63, 3.8) is 0 Å². The summed E-state index contributed by atoms with van der Waals surface area (Å²) in [5, 5.41) is 0. The molecular formula is C6H10O4S. The highest BCUT2D eigenvalue weighted by Crippen LogP contribution is 2.22. The molecule has 4 nitrogen and oxygen atoms in total. The monoisotopic (exact) mass is 178 g/mol. The van der Waals surface area contributed by atoms with Gasteiger partial charge in [-0.05, 0) is 18.9 Å². The molecule has 0 aromatic carbocycles. The number of hydrogen-bond donors (Lipinski definition) is 0. The largest absolute Gasteiger partial charge is 0.506 e. The molecule has 1 aliphatic rings. The van der Waals surface area contributed by atoms with Crippen LogP contribution >= 0.6 is 0 Å². The average Bonchev–Trinajstić information content (AvgIpc) is 1.84. The van der Waals surface area contributed by atoms with Crippen LogP contribution in [0.25, 0.3) is 0 Å². The molecule has 0 unspecified atom stereocenters. The van der Waals surface area contributed by atoms with Gasteiger partial charge in [-0.2, -0.15) is 0 Å².